The Labute approximate surface area is 131 Å². The first-order chi connectivity index (χ1) is 10.3. The lowest BCUT2D eigenvalue weighted by molar-refractivity contribution is 0.0518. The van der Waals surface area contributed by atoms with Crippen molar-refractivity contribution in [3.8, 4) is 0 Å². The van der Waals surface area contributed by atoms with E-state index in [0.29, 0.717) is 25.3 Å². The number of hydrogen-bond acceptors (Lipinski definition) is 5. The molecule has 6 nitrogen and oxygen atoms in total. The number of esters is 1. The van der Waals surface area contributed by atoms with E-state index in [-0.39, 0.29) is 5.97 Å². The largest absolute Gasteiger partial charge is 0.462 e. The standard InChI is InChI=1S/C16H24N2O4/c1-5-21-14(19)12-7-6-8-13(11-12)17-9-10-18-15(20)22-16(2,3)4/h6-8,11,17H,5,9-10H2,1-4H3,(H,18,20). The second-order valence-corrected chi connectivity index (χ2v) is 5.66. The molecule has 0 aliphatic carbocycles. The molecule has 1 aromatic rings. The van der Waals surface area contributed by atoms with Crippen LogP contribution in [0.25, 0.3) is 0 Å². The van der Waals surface area contributed by atoms with Crippen LogP contribution in [0.2, 0.25) is 0 Å². The molecule has 0 atom stereocenters. The second-order valence-electron chi connectivity index (χ2n) is 5.66. The van der Waals surface area contributed by atoms with E-state index in [1.165, 1.54) is 0 Å². The van der Waals surface area contributed by atoms with Crippen molar-refractivity contribution >= 4 is 17.7 Å². The molecular formula is C16H24N2O4. The highest BCUT2D eigenvalue weighted by molar-refractivity contribution is 5.90. The molecule has 0 saturated heterocycles. The highest BCUT2D eigenvalue weighted by Crippen LogP contribution is 2.11. The van der Waals surface area contributed by atoms with E-state index in [1.807, 2.05) is 26.8 Å². The average molecular weight is 308 g/mol. The van der Waals surface area contributed by atoms with E-state index in [1.54, 1.807) is 25.1 Å². The fourth-order valence-electron chi connectivity index (χ4n) is 1.66. The van der Waals surface area contributed by atoms with Crippen LogP contribution in [-0.2, 0) is 9.47 Å². The number of rotatable bonds is 6. The van der Waals surface area contributed by atoms with E-state index < -0.39 is 11.7 Å². The number of amides is 1. The Morgan fingerprint density at radius 3 is 2.55 bits per heavy atom. The SMILES string of the molecule is CCOC(=O)c1cccc(NCCNC(=O)OC(C)(C)C)c1. The maximum Gasteiger partial charge on any atom is 0.407 e. The van der Waals surface area contributed by atoms with E-state index in [0.717, 1.165) is 5.69 Å². The van der Waals surface area contributed by atoms with E-state index in [2.05, 4.69) is 10.6 Å². The Morgan fingerprint density at radius 1 is 1.18 bits per heavy atom. The van der Waals surface area contributed by atoms with Gasteiger partial charge in [0.2, 0.25) is 0 Å². The summed E-state index contributed by atoms with van der Waals surface area (Å²) in [5.74, 6) is -0.349. The van der Waals surface area contributed by atoms with Gasteiger partial charge in [0.05, 0.1) is 12.2 Å². The lowest BCUT2D eigenvalue weighted by Crippen LogP contribution is -2.35. The van der Waals surface area contributed by atoms with Gasteiger partial charge in [-0.1, -0.05) is 6.07 Å². The first kappa shape index (κ1) is 17.8. The van der Waals surface area contributed by atoms with Crippen molar-refractivity contribution in [1.82, 2.24) is 5.32 Å². The number of carbonyl (C=O) groups is 2. The number of ether oxygens (including phenoxy) is 2. The fraction of sp³-hybridized carbons (Fsp3) is 0.500. The third kappa shape index (κ3) is 6.97. The van der Waals surface area contributed by atoms with E-state index >= 15 is 0 Å². The zero-order chi connectivity index (χ0) is 16.6. The van der Waals surface area contributed by atoms with Gasteiger partial charge in [-0.3, -0.25) is 0 Å². The predicted molar refractivity (Wildman–Crippen MR) is 85.1 cm³/mol. The van der Waals surface area contributed by atoms with Crippen LogP contribution in [0.15, 0.2) is 24.3 Å². The molecule has 0 saturated carbocycles. The summed E-state index contributed by atoms with van der Waals surface area (Å²) in [6, 6.07) is 7.03. The number of alkyl carbamates (subject to hydrolysis) is 1. The topological polar surface area (TPSA) is 76.7 Å². The smallest absolute Gasteiger partial charge is 0.407 e. The first-order valence-corrected chi connectivity index (χ1v) is 7.29. The molecule has 0 aromatic heterocycles. The minimum absolute atomic E-state index is 0.344. The molecule has 0 fully saturated rings. The molecule has 1 rings (SSSR count). The van der Waals surface area contributed by atoms with Crippen LogP contribution in [0.3, 0.4) is 0 Å². The van der Waals surface area contributed by atoms with Crippen molar-refractivity contribution in [3.05, 3.63) is 29.8 Å². The monoisotopic (exact) mass is 308 g/mol. The highest BCUT2D eigenvalue weighted by Gasteiger charge is 2.15. The number of benzene rings is 1. The number of nitrogens with one attached hydrogen (secondary N) is 2. The van der Waals surface area contributed by atoms with E-state index in [4.69, 9.17) is 9.47 Å². The normalized spacial score (nSPS) is 10.7. The molecule has 6 heteroatoms. The van der Waals surface area contributed by atoms with Crippen molar-refractivity contribution in [2.45, 2.75) is 33.3 Å². The third-order valence-corrected chi connectivity index (χ3v) is 2.50. The maximum absolute atomic E-state index is 11.6. The molecule has 0 spiro atoms. The van der Waals surface area contributed by atoms with Gasteiger partial charge in [0.1, 0.15) is 5.60 Å². The molecule has 0 unspecified atom stereocenters. The Bertz CT molecular complexity index is 509. The maximum atomic E-state index is 11.6. The Morgan fingerprint density at radius 2 is 1.91 bits per heavy atom. The van der Waals surface area contributed by atoms with Gasteiger partial charge in [-0.05, 0) is 45.9 Å². The Hall–Kier alpha value is -2.24. The Kier molecular flexibility index (Phi) is 6.69. The van der Waals surface area contributed by atoms with Crippen LogP contribution in [0.1, 0.15) is 38.1 Å². The Balaban J connectivity index is 2.38. The quantitative estimate of drug-likeness (QED) is 0.624. The van der Waals surface area contributed by atoms with Gasteiger partial charge < -0.3 is 20.1 Å². The van der Waals surface area contributed by atoms with Crippen LogP contribution >= 0.6 is 0 Å². The molecule has 0 heterocycles. The van der Waals surface area contributed by atoms with Crippen molar-refractivity contribution in [2.24, 2.45) is 0 Å². The molecule has 2 N–H and O–H groups in total. The van der Waals surface area contributed by atoms with Crippen LogP contribution in [0.4, 0.5) is 10.5 Å². The summed E-state index contributed by atoms with van der Waals surface area (Å²) in [6.45, 7) is 8.48. The summed E-state index contributed by atoms with van der Waals surface area (Å²) < 4.78 is 10.1. The zero-order valence-electron chi connectivity index (χ0n) is 13.6. The molecule has 1 aromatic carbocycles. The van der Waals surface area contributed by atoms with Crippen LogP contribution in [0.5, 0.6) is 0 Å². The van der Waals surface area contributed by atoms with E-state index in [9.17, 15) is 9.59 Å². The summed E-state index contributed by atoms with van der Waals surface area (Å²) in [6.07, 6.45) is -0.449. The van der Waals surface area contributed by atoms with Crippen LogP contribution in [0, 0.1) is 0 Å². The minimum atomic E-state index is -0.508. The van der Waals surface area contributed by atoms with Crippen molar-refractivity contribution in [2.75, 3.05) is 25.0 Å². The van der Waals surface area contributed by atoms with Gasteiger partial charge >= 0.3 is 12.1 Å². The molecule has 22 heavy (non-hydrogen) atoms. The summed E-state index contributed by atoms with van der Waals surface area (Å²) in [4.78, 5) is 23.1. The number of anilines is 1. The summed E-state index contributed by atoms with van der Waals surface area (Å²) in [5, 5.41) is 5.77. The molecule has 1 amide bonds. The zero-order valence-corrected chi connectivity index (χ0v) is 13.6. The van der Waals surface area contributed by atoms with Gasteiger partial charge in [-0.25, -0.2) is 9.59 Å². The summed E-state index contributed by atoms with van der Waals surface area (Å²) >= 11 is 0. The minimum Gasteiger partial charge on any atom is -0.462 e. The molecular weight excluding hydrogens is 284 g/mol. The average Bonchev–Trinajstić information content (AvgIpc) is 2.42. The van der Waals surface area contributed by atoms with Gasteiger partial charge in [0, 0.05) is 18.8 Å². The third-order valence-electron chi connectivity index (χ3n) is 2.50. The molecule has 0 aliphatic heterocycles. The fourth-order valence-corrected chi connectivity index (χ4v) is 1.66. The van der Waals surface area contributed by atoms with Crippen molar-refractivity contribution < 1.29 is 19.1 Å². The van der Waals surface area contributed by atoms with Crippen LogP contribution < -0.4 is 10.6 Å². The van der Waals surface area contributed by atoms with Crippen LogP contribution in [-0.4, -0.2) is 37.4 Å². The van der Waals surface area contributed by atoms with Crippen molar-refractivity contribution in [3.63, 3.8) is 0 Å². The summed E-state index contributed by atoms with van der Waals surface area (Å²) in [5.41, 5.74) is 0.773. The van der Waals surface area contributed by atoms with Gasteiger partial charge in [-0.2, -0.15) is 0 Å². The van der Waals surface area contributed by atoms with Gasteiger partial charge in [0.15, 0.2) is 0 Å². The lowest BCUT2D eigenvalue weighted by atomic mass is 10.2. The molecule has 0 aliphatic rings. The lowest BCUT2D eigenvalue weighted by Gasteiger charge is -2.19. The highest BCUT2D eigenvalue weighted by atomic mass is 16.6. The summed E-state index contributed by atoms with van der Waals surface area (Å²) in [7, 11) is 0. The van der Waals surface area contributed by atoms with Gasteiger partial charge in [0.25, 0.3) is 0 Å². The molecule has 0 radical (unpaired) electrons. The molecule has 0 bridgehead atoms. The predicted octanol–water partition coefficient (Wildman–Crippen LogP) is 2.80. The second kappa shape index (κ2) is 8.26. The van der Waals surface area contributed by atoms with Crippen molar-refractivity contribution in [1.29, 1.82) is 0 Å². The first-order valence-electron chi connectivity index (χ1n) is 7.29. The molecule has 122 valence electrons. The number of hydrogen-bond donors (Lipinski definition) is 2. The number of carbonyl (C=O) groups excluding carboxylic acids is 2. The van der Waals surface area contributed by atoms with Gasteiger partial charge in [-0.15, -0.1) is 0 Å².